The molecule has 0 saturated heterocycles. The zero-order valence-corrected chi connectivity index (χ0v) is 28.0. The van der Waals surface area contributed by atoms with Gasteiger partial charge in [0, 0.05) is 8.07 Å². The van der Waals surface area contributed by atoms with Gasteiger partial charge in [-0.15, -0.1) is 0 Å². The van der Waals surface area contributed by atoms with Crippen LogP contribution in [0.25, 0.3) is 0 Å². The lowest BCUT2D eigenvalue weighted by Crippen LogP contribution is -2.25. The molecule has 0 atom stereocenters. The molecule has 0 bridgehead atoms. The van der Waals surface area contributed by atoms with Crippen molar-refractivity contribution in [2.75, 3.05) is 59.5 Å². The Morgan fingerprint density at radius 1 is 0.487 bits per heavy atom. The number of halogens is 1. The maximum atomic E-state index is 9.50. The molecule has 5 nitrogen and oxygen atoms in total. The number of hydrogen-bond acceptors (Lipinski definition) is 5. The largest absolute Gasteiger partial charge is 0.317 e. The molecule has 0 fully saturated rings. The molecule has 0 aliphatic carbocycles. The maximum Gasteiger partial charge on any atom is 0.186 e. The van der Waals surface area contributed by atoms with Crippen molar-refractivity contribution in [1.82, 2.24) is 21.3 Å². The summed E-state index contributed by atoms with van der Waals surface area (Å²) in [7, 11) is -0.344. The van der Waals surface area contributed by atoms with Crippen LogP contribution in [0.1, 0.15) is 116 Å². The molecule has 0 aromatic carbocycles. The summed E-state index contributed by atoms with van der Waals surface area (Å²) in [6.07, 6.45) is 25.5. The lowest BCUT2D eigenvalue weighted by molar-refractivity contribution is 0.523. The van der Waals surface area contributed by atoms with Gasteiger partial charge in [-0.2, -0.15) is 0 Å². The van der Waals surface area contributed by atoms with Gasteiger partial charge in [-0.1, -0.05) is 83.5 Å². The van der Waals surface area contributed by atoms with Crippen molar-refractivity contribution in [3.8, 4) is 0 Å². The third-order valence-corrected chi connectivity index (χ3v) is 8.94. The highest BCUT2D eigenvalue weighted by molar-refractivity contribution is 6.76. The molecule has 0 rings (SSSR count). The fourth-order valence-corrected chi connectivity index (χ4v) is 5.90. The van der Waals surface area contributed by atoms with Gasteiger partial charge in [-0.05, 0) is 116 Å². The fourth-order valence-electron chi connectivity index (χ4n) is 4.66. The first-order chi connectivity index (χ1) is 19.6. The van der Waals surface area contributed by atoms with E-state index in [0.717, 1.165) is 39.0 Å². The van der Waals surface area contributed by atoms with Gasteiger partial charge in [0.15, 0.2) is 1.41 Å². The van der Waals surface area contributed by atoms with Crippen molar-refractivity contribution in [1.29, 1.82) is 5.40 Å². The second-order valence-electron chi connectivity index (χ2n) is 12.3. The van der Waals surface area contributed by atoms with Gasteiger partial charge >= 0.3 is 0 Å². The Kier molecular flexibility index (Phi) is 35.4. The molecule has 236 valence electrons. The molecule has 0 heterocycles. The Bertz CT molecular complexity index is 481. The van der Waals surface area contributed by atoms with Gasteiger partial charge in [0.05, 0.1) is 7.18 Å². The van der Waals surface area contributed by atoms with Crippen LogP contribution in [0.4, 0.5) is 4.39 Å². The Balaban J connectivity index is 0. The van der Waals surface area contributed by atoms with E-state index in [-0.39, 0.29) is 0 Å². The first-order valence-corrected chi connectivity index (χ1v) is 20.4. The molecular weight excluding hydrogens is 501 g/mol. The van der Waals surface area contributed by atoms with E-state index >= 15 is 0 Å². The monoisotopic (exact) mass is 575 g/mol. The molecule has 39 heavy (non-hydrogen) atoms. The lowest BCUT2D eigenvalue weighted by atomic mass is 10.1. The van der Waals surface area contributed by atoms with Crippen LogP contribution >= 0.6 is 0 Å². The van der Waals surface area contributed by atoms with Crippen LogP contribution in [-0.4, -0.2) is 73.8 Å². The van der Waals surface area contributed by atoms with Gasteiger partial charge in [-0.25, -0.2) is 0 Å². The third-order valence-electron chi connectivity index (χ3n) is 7.09. The standard InChI is InChI=1S/C31H69N5Si.CH3F/c1-37(2,3)31-21-30-36-29-20-28-35-27-19-13-18-26-34-24-16-11-9-7-5-4-6-8-10-15-23-33-25-17-12-14-22-32;1-2/h22,32-36H,4-21,23-31H2,1-3H3;1H3/i/hD. The molecule has 0 aromatic rings. The normalized spacial score (nSPS) is 12.1. The van der Waals surface area contributed by atoms with Gasteiger partial charge in [0.1, 0.15) is 0 Å². The number of nitrogens with one attached hydrogen (secondary N) is 5. The predicted octanol–water partition coefficient (Wildman–Crippen LogP) is 7.94. The minimum atomic E-state index is -0.844. The average molecular weight is 575 g/mol. The highest BCUT2D eigenvalue weighted by Crippen LogP contribution is 2.11. The summed E-state index contributed by atoms with van der Waals surface area (Å²) in [6, 6.07) is 1.45. The zero-order chi connectivity index (χ0) is 29.8. The Morgan fingerprint density at radius 2 is 0.795 bits per heavy atom. The van der Waals surface area contributed by atoms with E-state index in [1.807, 2.05) is 0 Å². The molecule has 0 aliphatic rings. The summed E-state index contributed by atoms with van der Waals surface area (Å²) < 4.78 is 16.2. The van der Waals surface area contributed by atoms with Crippen LogP contribution in [0, 0.1) is 5.40 Å². The number of unbranched alkanes of at least 4 members (excludes halogenated alkanes) is 13. The van der Waals surface area contributed by atoms with E-state index < -0.39 is 8.07 Å². The van der Waals surface area contributed by atoms with Crippen LogP contribution in [0.15, 0.2) is 0 Å². The minimum absolute atomic E-state index is 0.500. The molecule has 0 aromatic heterocycles. The van der Waals surface area contributed by atoms with E-state index in [1.54, 1.807) is 6.21 Å². The fraction of sp³-hybridized carbons (Fsp3) is 0.969. The molecule has 0 amide bonds. The minimum Gasteiger partial charge on any atom is -0.317 e. The van der Waals surface area contributed by atoms with Gasteiger partial charge in [-0.3, -0.25) is 4.39 Å². The lowest BCUT2D eigenvalue weighted by Gasteiger charge is -2.15. The summed E-state index contributed by atoms with van der Waals surface area (Å²) in [5, 5.41) is 17.6. The molecule has 0 aliphatic heterocycles. The molecular formula is C32H72FN5Si. The van der Waals surface area contributed by atoms with Crippen molar-refractivity contribution in [2.24, 2.45) is 0 Å². The quantitative estimate of drug-likeness (QED) is 0.0321. The predicted molar refractivity (Wildman–Crippen MR) is 179 cm³/mol. The third kappa shape index (κ3) is 42.3. The van der Waals surface area contributed by atoms with E-state index in [4.69, 9.17) is 1.41 Å². The molecule has 0 unspecified atom stereocenters. The molecule has 5 N–H and O–H groups in total. The van der Waals surface area contributed by atoms with Crippen molar-refractivity contribution < 1.29 is 5.80 Å². The summed E-state index contributed by atoms with van der Waals surface area (Å²) in [4.78, 5) is 0. The Hall–Kier alpha value is -0.343. The van der Waals surface area contributed by atoms with Crippen LogP contribution in [0.2, 0.25) is 27.1 Å². The number of alkyl halides is 1. The van der Waals surface area contributed by atoms with Crippen molar-refractivity contribution >= 4 is 14.3 Å². The molecule has 0 spiro atoms. The Morgan fingerprint density at radius 3 is 1.18 bits per heavy atom. The van der Waals surface area contributed by atoms with Gasteiger partial charge in [0.25, 0.3) is 0 Å². The van der Waals surface area contributed by atoms with Crippen molar-refractivity contribution in [3.05, 3.63) is 0 Å². The van der Waals surface area contributed by atoms with E-state index in [0.29, 0.717) is 7.18 Å². The summed E-state index contributed by atoms with van der Waals surface area (Å²) in [5.41, 5.74) is 0. The van der Waals surface area contributed by atoms with Crippen LogP contribution in [0.5, 0.6) is 0 Å². The number of hydrogen-bond donors (Lipinski definition) is 5. The Labute approximate surface area is 247 Å². The van der Waals surface area contributed by atoms with Gasteiger partial charge in [0.2, 0.25) is 0 Å². The van der Waals surface area contributed by atoms with Crippen LogP contribution in [0.3, 0.4) is 0 Å². The van der Waals surface area contributed by atoms with E-state index in [9.17, 15) is 4.39 Å². The molecule has 7 heteroatoms. The second-order valence-corrected chi connectivity index (χ2v) is 17.9. The van der Waals surface area contributed by atoms with E-state index in [1.165, 1.54) is 135 Å². The highest BCUT2D eigenvalue weighted by Gasteiger charge is 2.11. The number of rotatable bonds is 32. The maximum absolute atomic E-state index is 9.50. The topological polar surface area (TPSA) is 72.0 Å². The zero-order valence-electron chi connectivity index (χ0n) is 28.0. The summed E-state index contributed by atoms with van der Waals surface area (Å²) in [5.74, 6) is 0. The van der Waals surface area contributed by atoms with E-state index in [2.05, 4.69) is 46.3 Å². The highest BCUT2D eigenvalue weighted by atomic mass is 28.3. The molecule has 0 radical (unpaired) electrons. The van der Waals surface area contributed by atoms with Gasteiger partial charge < -0.3 is 26.7 Å². The average Bonchev–Trinajstić information content (AvgIpc) is 2.94. The smallest absolute Gasteiger partial charge is 0.186 e. The summed E-state index contributed by atoms with van der Waals surface area (Å²) in [6.45, 7) is 16.8. The van der Waals surface area contributed by atoms with Crippen molar-refractivity contribution in [3.63, 3.8) is 0 Å². The molecule has 0 saturated carbocycles. The van der Waals surface area contributed by atoms with Crippen molar-refractivity contribution in [2.45, 2.75) is 141 Å². The van der Waals surface area contributed by atoms with Crippen LogP contribution < -0.4 is 21.3 Å². The van der Waals surface area contributed by atoms with Crippen LogP contribution in [-0.2, 0) is 0 Å². The second kappa shape index (κ2) is 35.7. The summed E-state index contributed by atoms with van der Waals surface area (Å²) >= 11 is 0. The first kappa shape index (κ1) is 38.7. The SMILES string of the molecule is CF.[2H]N=CCCCCNCCCCCCCCCCCCNCCCCCNCCCNCCC[Si](C)(C)C. The first-order valence-electron chi connectivity index (χ1n) is 17.2.